The molecule has 1 N–H and O–H groups in total. The lowest BCUT2D eigenvalue weighted by atomic mass is 10.2. The lowest BCUT2D eigenvalue weighted by Gasteiger charge is -2.25. The summed E-state index contributed by atoms with van der Waals surface area (Å²) < 4.78 is 22.9. The van der Waals surface area contributed by atoms with Crippen LogP contribution in [0.5, 0.6) is 0 Å². The third-order valence-corrected chi connectivity index (χ3v) is 6.12. The molecule has 2 aliphatic heterocycles. The highest BCUT2D eigenvalue weighted by atomic mass is 32.2. The summed E-state index contributed by atoms with van der Waals surface area (Å²) in [6.45, 7) is 0.958. The molecule has 2 atom stereocenters. The van der Waals surface area contributed by atoms with Crippen LogP contribution >= 0.6 is 0 Å². The number of sulfone groups is 1. The quantitative estimate of drug-likeness (QED) is 0.739. The van der Waals surface area contributed by atoms with Crippen molar-refractivity contribution < 1.29 is 23.1 Å². The van der Waals surface area contributed by atoms with Crippen LogP contribution in [0.4, 0.5) is 0 Å². The number of carbonyl (C=O) groups excluding carboxylic acids is 1. The Bertz CT molecular complexity index is 519. The third kappa shape index (κ3) is 3.94. The Morgan fingerprint density at radius 2 is 2.05 bits per heavy atom. The van der Waals surface area contributed by atoms with Gasteiger partial charge in [-0.1, -0.05) is 0 Å². The Hall–Kier alpha value is -1.15. The maximum absolute atomic E-state index is 12.1. The Balaban J connectivity index is 1.82. The number of likely N-dealkylation sites (tertiary alicyclic amines) is 1. The first-order valence-electron chi connectivity index (χ1n) is 7.23. The molecule has 2 aliphatic rings. The predicted molar refractivity (Wildman–Crippen MR) is 76.7 cm³/mol. The molecule has 7 nitrogen and oxygen atoms in total. The van der Waals surface area contributed by atoms with Gasteiger partial charge in [0.1, 0.15) is 6.04 Å². The van der Waals surface area contributed by atoms with E-state index in [1.54, 1.807) is 0 Å². The van der Waals surface area contributed by atoms with Gasteiger partial charge in [0.25, 0.3) is 0 Å². The third-order valence-electron chi connectivity index (χ3n) is 4.37. The lowest BCUT2D eigenvalue weighted by Crippen LogP contribution is -2.42. The van der Waals surface area contributed by atoms with Gasteiger partial charge < -0.3 is 14.9 Å². The second kappa shape index (κ2) is 6.31. The number of hydrogen-bond donors (Lipinski definition) is 1. The largest absolute Gasteiger partial charge is 0.480 e. The molecule has 0 bridgehead atoms. The zero-order chi connectivity index (χ0) is 15.6. The molecule has 120 valence electrons. The SMILES string of the molecule is CN(CCC(=O)N1CCCC1C(=O)O)C1CCS(=O)(=O)C1. The normalized spacial score (nSPS) is 28.2. The molecule has 8 heteroatoms. The molecule has 0 aromatic carbocycles. The average Bonchev–Trinajstić information content (AvgIpc) is 3.01. The lowest BCUT2D eigenvalue weighted by molar-refractivity contribution is -0.148. The molecule has 0 aromatic heterocycles. The Morgan fingerprint density at radius 3 is 2.62 bits per heavy atom. The van der Waals surface area contributed by atoms with Crippen molar-refractivity contribution in [3.8, 4) is 0 Å². The van der Waals surface area contributed by atoms with E-state index < -0.39 is 21.8 Å². The van der Waals surface area contributed by atoms with Crippen molar-refractivity contribution in [2.75, 3.05) is 31.6 Å². The summed E-state index contributed by atoms with van der Waals surface area (Å²) in [5, 5.41) is 9.07. The van der Waals surface area contributed by atoms with E-state index in [1.165, 1.54) is 4.90 Å². The zero-order valence-corrected chi connectivity index (χ0v) is 13.0. The molecular weight excluding hydrogens is 296 g/mol. The van der Waals surface area contributed by atoms with Crippen LogP contribution in [0.15, 0.2) is 0 Å². The van der Waals surface area contributed by atoms with Crippen LogP contribution in [0, 0.1) is 0 Å². The van der Waals surface area contributed by atoms with E-state index in [1.807, 2.05) is 11.9 Å². The first-order chi connectivity index (χ1) is 9.80. The number of carbonyl (C=O) groups is 2. The standard InChI is InChI=1S/C13H22N2O5S/c1-14(10-5-8-21(19,20)9-10)7-4-12(16)15-6-2-3-11(15)13(17)18/h10-11H,2-9H2,1H3,(H,17,18). The van der Waals surface area contributed by atoms with Crippen molar-refractivity contribution in [1.82, 2.24) is 9.80 Å². The maximum Gasteiger partial charge on any atom is 0.326 e. The summed E-state index contributed by atoms with van der Waals surface area (Å²) in [5.41, 5.74) is 0. The van der Waals surface area contributed by atoms with E-state index >= 15 is 0 Å². The van der Waals surface area contributed by atoms with E-state index in [9.17, 15) is 18.0 Å². The Morgan fingerprint density at radius 1 is 1.33 bits per heavy atom. The first kappa shape index (κ1) is 16.2. The summed E-state index contributed by atoms with van der Waals surface area (Å²) in [6, 6.07) is -0.730. The van der Waals surface area contributed by atoms with Gasteiger partial charge >= 0.3 is 5.97 Å². The molecule has 0 aromatic rings. The van der Waals surface area contributed by atoms with Crippen LogP contribution in [-0.4, -0.2) is 78.9 Å². The molecule has 0 spiro atoms. The second-order valence-electron chi connectivity index (χ2n) is 5.87. The fourth-order valence-electron chi connectivity index (χ4n) is 3.04. The molecule has 2 rings (SSSR count). The molecule has 0 saturated carbocycles. The van der Waals surface area contributed by atoms with E-state index in [2.05, 4.69) is 0 Å². The Kier molecular flexibility index (Phi) is 4.88. The molecular formula is C13H22N2O5S. The predicted octanol–water partition coefficient (Wildman–Crippen LogP) is -0.429. The highest BCUT2D eigenvalue weighted by Crippen LogP contribution is 2.20. The molecule has 0 aliphatic carbocycles. The first-order valence-corrected chi connectivity index (χ1v) is 9.05. The fourth-order valence-corrected chi connectivity index (χ4v) is 4.85. The van der Waals surface area contributed by atoms with E-state index in [4.69, 9.17) is 5.11 Å². The number of rotatable bonds is 5. The number of nitrogens with zero attached hydrogens (tertiary/aromatic N) is 2. The van der Waals surface area contributed by atoms with Gasteiger partial charge in [0.05, 0.1) is 11.5 Å². The van der Waals surface area contributed by atoms with Crippen LogP contribution in [0.2, 0.25) is 0 Å². The van der Waals surface area contributed by atoms with Gasteiger partial charge in [-0.15, -0.1) is 0 Å². The molecule has 0 radical (unpaired) electrons. The maximum atomic E-state index is 12.1. The van der Waals surface area contributed by atoms with Gasteiger partial charge in [-0.05, 0) is 26.3 Å². The van der Waals surface area contributed by atoms with E-state index in [-0.39, 0.29) is 29.9 Å². The summed E-state index contributed by atoms with van der Waals surface area (Å²) in [5.74, 6) is -0.744. The summed E-state index contributed by atoms with van der Waals surface area (Å²) in [6.07, 6.45) is 2.07. The van der Waals surface area contributed by atoms with E-state index in [0.717, 1.165) is 6.42 Å². The minimum absolute atomic E-state index is 0.0309. The molecule has 1 amide bonds. The van der Waals surface area contributed by atoms with Crippen molar-refractivity contribution in [2.24, 2.45) is 0 Å². The summed E-state index contributed by atoms with van der Waals surface area (Å²) >= 11 is 0. The van der Waals surface area contributed by atoms with E-state index in [0.29, 0.717) is 25.9 Å². The van der Waals surface area contributed by atoms with Gasteiger partial charge in [-0.3, -0.25) is 4.79 Å². The van der Waals surface area contributed by atoms with Gasteiger partial charge in [-0.2, -0.15) is 0 Å². The van der Waals surface area contributed by atoms with Crippen LogP contribution in [-0.2, 0) is 19.4 Å². The van der Waals surface area contributed by atoms with Crippen LogP contribution in [0.1, 0.15) is 25.7 Å². The summed E-state index contributed by atoms with van der Waals surface area (Å²) in [7, 11) is -1.11. The smallest absolute Gasteiger partial charge is 0.326 e. The number of carboxylic acid groups (broad SMARTS) is 1. The van der Waals surface area contributed by atoms with Gasteiger partial charge in [0.15, 0.2) is 9.84 Å². The molecule has 21 heavy (non-hydrogen) atoms. The van der Waals surface area contributed by atoms with Crippen LogP contribution < -0.4 is 0 Å². The number of hydrogen-bond acceptors (Lipinski definition) is 5. The van der Waals surface area contributed by atoms with Gasteiger partial charge in [0.2, 0.25) is 5.91 Å². The Labute approximate surface area is 124 Å². The minimum Gasteiger partial charge on any atom is -0.480 e. The summed E-state index contributed by atoms with van der Waals surface area (Å²) in [4.78, 5) is 26.5. The average molecular weight is 318 g/mol. The molecule has 2 heterocycles. The molecule has 2 fully saturated rings. The fraction of sp³-hybridized carbons (Fsp3) is 0.846. The molecule has 2 unspecified atom stereocenters. The monoisotopic (exact) mass is 318 g/mol. The minimum atomic E-state index is -2.93. The second-order valence-corrected chi connectivity index (χ2v) is 8.10. The topological polar surface area (TPSA) is 95.0 Å². The van der Waals surface area contributed by atoms with Crippen molar-refractivity contribution >= 4 is 21.7 Å². The van der Waals surface area contributed by atoms with Gasteiger partial charge in [-0.25, -0.2) is 13.2 Å². The van der Waals surface area contributed by atoms with Gasteiger partial charge in [0, 0.05) is 25.6 Å². The van der Waals surface area contributed by atoms with Crippen molar-refractivity contribution in [1.29, 1.82) is 0 Å². The van der Waals surface area contributed by atoms with Crippen molar-refractivity contribution in [3.05, 3.63) is 0 Å². The number of aliphatic carboxylic acids is 1. The number of amides is 1. The van der Waals surface area contributed by atoms with Crippen LogP contribution in [0.25, 0.3) is 0 Å². The zero-order valence-electron chi connectivity index (χ0n) is 12.2. The van der Waals surface area contributed by atoms with Crippen molar-refractivity contribution in [3.63, 3.8) is 0 Å². The highest BCUT2D eigenvalue weighted by Gasteiger charge is 2.34. The number of carboxylic acids is 1. The highest BCUT2D eigenvalue weighted by molar-refractivity contribution is 7.91. The van der Waals surface area contributed by atoms with Crippen LogP contribution in [0.3, 0.4) is 0 Å². The molecule has 2 saturated heterocycles. The van der Waals surface area contributed by atoms with Crippen molar-refractivity contribution in [2.45, 2.75) is 37.8 Å².